The summed E-state index contributed by atoms with van der Waals surface area (Å²) in [5, 5.41) is 6.81. The van der Waals surface area contributed by atoms with Gasteiger partial charge in [-0.1, -0.05) is 40.0 Å². The molecule has 0 heterocycles. The monoisotopic (exact) mass is 280 g/mol. The molecule has 0 fully saturated rings. The molecule has 0 saturated carbocycles. The fourth-order valence-corrected chi connectivity index (χ4v) is 3.65. The van der Waals surface area contributed by atoms with Crippen LogP contribution in [-0.4, -0.2) is 19.7 Å². The van der Waals surface area contributed by atoms with Crippen LogP contribution in [0.4, 0.5) is 0 Å². The van der Waals surface area contributed by atoms with E-state index in [1.165, 1.54) is 12.8 Å². The minimum atomic E-state index is -1.98. The number of hydrogen-bond donors (Lipinski definition) is 2. The molecule has 0 spiro atoms. The summed E-state index contributed by atoms with van der Waals surface area (Å²) in [4.78, 5) is 0. The third kappa shape index (κ3) is 10.2. The maximum atomic E-state index is 5.87. The Balaban J connectivity index is 4.00. The van der Waals surface area contributed by atoms with Gasteiger partial charge in [-0.3, -0.25) is 10.2 Å². The summed E-state index contributed by atoms with van der Waals surface area (Å²) in [6, 6.07) is 0. The van der Waals surface area contributed by atoms with Gasteiger partial charge < -0.3 is 4.52 Å². The van der Waals surface area contributed by atoms with Crippen molar-refractivity contribution in [3.8, 4) is 0 Å². The van der Waals surface area contributed by atoms with Crippen LogP contribution in [0.3, 0.4) is 0 Å². The number of unbranched alkanes of at least 4 members (excludes halogenated alkanes) is 3. The Hall–Kier alpha value is 0.530. The lowest BCUT2D eigenvalue weighted by Crippen LogP contribution is -2.26. The van der Waals surface area contributed by atoms with Crippen molar-refractivity contribution in [3.63, 3.8) is 0 Å². The molecule has 0 radical (unpaired) electrons. The van der Waals surface area contributed by atoms with E-state index in [9.17, 15) is 0 Å². The lowest BCUT2D eigenvalue weighted by Gasteiger charge is -2.24. The van der Waals surface area contributed by atoms with Crippen LogP contribution < -0.4 is 10.2 Å². The quantitative estimate of drug-likeness (QED) is 0.421. The first-order valence-corrected chi connectivity index (χ1v) is 9.65. The summed E-state index contributed by atoms with van der Waals surface area (Å²) < 4.78 is 5.87. The highest BCUT2D eigenvalue weighted by molar-refractivity contribution is 8.10. The zero-order valence-corrected chi connectivity index (χ0v) is 13.3. The van der Waals surface area contributed by atoms with Crippen molar-refractivity contribution in [2.45, 2.75) is 59.3 Å². The molecule has 0 saturated heterocycles. The van der Waals surface area contributed by atoms with Crippen LogP contribution in [0.25, 0.3) is 0 Å². The molecule has 0 unspecified atom stereocenters. The Labute approximate surface area is 112 Å². The van der Waals surface area contributed by atoms with Crippen molar-refractivity contribution < 1.29 is 4.52 Å². The Bertz CT molecular complexity index is 181. The molecule has 0 atom stereocenters. The second-order valence-corrected chi connectivity index (χ2v) is 7.80. The van der Waals surface area contributed by atoms with E-state index in [1.807, 2.05) is 0 Å². The molecular formula is C12H29N2OPS. The molecule has 2 N–H and O–H groups in total. The summed E-state index contributed by atoms with van der Waals surface area (Å²) in [5.74, 6) is 0. The average molecular weight is 280 g/mol. The summed E-state index contributed by atoms with van der Waals surface area (Å²) in [5.41, 5.74) is 0. The number of nitrogens with one attached hydrogen (secondary N) is 2. The highest BCUT2D eigenvalue weighted by Crippen LogP contribution is 2.37. The van der Waals surface area contributed by atoms with E-state index in [2.05, 4.69) is 30.9 Å². The van der Waals surface area contributed by atoms with Gasteiger partial charge in [0.05, 0.1) is 6.61 Å². The van der Waals surface area contributed by atoms with Crippen LogP contribution in [0.1, 0.15) is 59.3 Å². The first-order chi connectivity index (χ1) is 8.18. The van der Waals surface area contributed by atoms with Gasteiger partial charge in [0.25, 0.3) is 0 Å². The number of hydrogen-bond acceptors (Lipinski definition) is 2. The molecule has 0 aromatic heterocycles. The first kappa shape index (κ1) is 17.5. The average Bonchev–Trinajstić information content (AvgIpc) is 2.30. The molecule has 17 heavy (non-hydrogen) atoms. The molecular weight excluding hydrogens is 251 g/mol. The van der Waals surface area contributed by atoms with Gasteiger partial charge in [0.15, 0.2) is 6.57 Å². The predicted molar refractivity (Wildman–Crippen MR) is 81.0 cm³/mol. The predicted octanol–water partition coefficient (Wildman–Crippen LogP) is 3.81. The minimum absolute atomic E-state index is 0.770. The van der Waals surface area contributed by atoms with E-state index in [0.717, 1.165) is 45.4 Å². The molecule has 0 bridgehead atoms. The van der Waals surface area contributed by atoms with Crippen LogP contribution >= 0.6 is 6.57 Å². The van der Waals surface area contributed by atoms with Gasteiger partial charge in [0.1, 0.15) is 0 Å². The Morgan fingerprint density at radius 1 is 0.882 bits per heavy atom. The normalized spacial score (nSPS) is 11.9. The third-order valence-electron chi connectivity index (χ3n) is 2.47. The van der Waals surface area contributed by atoms with Crippen LogP contribution in [0, 0.1) is 0 Å². The highest BCUT2D eigenvalue weighted by Gasteiger charge is 2.15. The molecule has 0 aliphatic heterocycles. The van der Waals surface area contributed by atoms with E-state index >= 15 is 0 Å². The van der Waals surface area contributed by atoms with E-state index < -0.39 is 6.57 Å². The second kappa shape index (κ2) is 11.6. The maximum Gasteiger partial charge on any atom is 0.197 e. The Kier molecular flexibility index (Phi) is 12.0. The molecule has 5 heteroatoms. The summed E-state index contributed by atoms with van der Waals surface area (Å²) >= 11 is 5.61. The Morgan fingerprint density at radius 3 is 1.76 bits per heavy atom. The van der Waals surface area contributed by atoms with Gasteiger partial charge in [0, 0.05) is 13.1 Å². The van der Waals surface area contributed by atoms with Crippen molar-refractivity contribution in [1.29, 1.82) is 0 Å². The van der Waals surface area contributed by atoms with Crippen LogP contribution in [0.15, 0.2) is 0 Å². The summed E-state index contributed by atoms with van der Waals surface area (Å²) in [6.45, 7) is 7.25. The standard InChI is InChI=1S/C12H29N2OPS/c1-4-7-10-13-16(17,14-11-8-5-2)15-12-9-6-3/h4-12H2,1-3H3,(H2,13,14,17). The van der Waals surface area contributed by atoms with Gasteiger partial charge in [0.2, 0.25) is 0 Å². The van der Waals surface area contributed by atoms with Gasteiger partial charge in [-0.2, -0.15) is 0 Å². The van der Waals surface area contributed by atoms with Crippen molar-refractivity contribution in [3.05, 3.63) is 0 Å². The molecule has 0 amide bonds. The molecule has 0 rings (SSSR count). The van der Waals surface area contributed by atoms with Crippen molar-refractivity contribution in [1.82, 2.24) is 10.2 Å². The van der Waals surface area contributed by atoms with E-state index in [-0.39, 0.29) is 0 Å². The summed E-state index contributed by atoms with van der Waals surface area (Å²) in [6.07, 6.45) is 6.93. The molecule has 0 aromatic rings. The van der Waals surface area contributed by atoms with E-state index in [4.69, 9.17) is 16.3 Å². The SMILES string of the molecule is CCCCNP(=S)(NCCCC)OCCCC. The number of rotatable bonds is 12. The maximum absolute atomic E-state index is 5.87. The molecule has 0 aromatic carbocycles. The first-order valence-electron chi connectivity index (χ1n) is 6.93. The lowest BCUT2D eigenvalue weighted by atomic mass is 10.3. The molecule has 3 nitrogen and oxygen atoms in total. The zero-order valence-electron chi connectivity index (χ0n) is 11.6. The molecule has 104 valence electrons. The fourth-order valence-electron chi connectivity index (χ4n) is 1.29. The van der Waals surface area contributed by atoms with Gasteiger partial charge in [-0.25, -0.2) is 0 Å². The van der Waals surface area contributed by atoms with Gasteiger partial charge >= 0.3 is 0 Å². The van der Waals surface area contributed by atoms with Crippen LogP contribution in [0.5, 0.6) is 0 Å². The Morgan fingerprint density at radius 2 is 1.35 bits per heavy atom. The summed E-state index contributed by atoms with van der Waals surface area (Å²) in [7, 11) is 0. The van der Waals surface area contributed by atoms with Crippen molar-refractivity contribution in [2.75, 3.05) is 19.7 Å². The minimum Gasteiger partial charge on any atom is -0.327 e. The van der Waals surface area contributed by atoms with Gasteiger partial charge in [-0.15, -0.1) is 0 Å². The molecule has 0 aliphatic carbocycles. The zero-order chi connectivity index (χ0) is 13.0. The van der Waals surface area contributed by atoms with Crippen LogP contribution in [0.2, 0.25) is 0 Å². The van der Waals surface area contributed by atoms with Crippen molar-refractivity contribution in [2.24, 2.45) is 0 Å². The van der Waals surface area contributed by atoms with E-state index in [0.29, 0.717) is 0 Å². The van der Waals surface area contributed by atoms with E-state index in [1.54, 1.807) is 0 Å². The van der Waals surface area contributed by atoms with Crippen molar-refractivity contribution >= 4 is 18.4 Å². The lowest BCUT2D eigenvalue weighted by molar-refractivity contribution is 0.328. The largest absolute Gasteiger partial charge is 0.327 e. The highest BCUT2D eigenvalue weighted by atomic mass is 32.4. The second-order valence-electron chi connectivity index (χ2n) is 4.26. The third-order valence-corrected chi connectivity index (χ3v) is 5.39. The van der Waals surface area contributed by atoms with Crippen LogP contribution in [-0.2, 0) is 16.3 Å². The topological polar surface area (TPSA) is 33.3 Å². The van der Waals surface area contributed by atoms with Gasteiger partial charge in [-0.05, 0) is 31.1 Å². The smallest absolute Gasteiger partial charge is 0.197 e. The fraction of sp³-hybridized carbons (Fsp3) is 1.00. The molecule has 0 aliphatic rings.